The molecule has 0 aliphatic carbocycles. The number of hydrogen-bond acceptors (Lipinski definition) is 2. The molecule has 0 radical (unpaired) electrons. The molecule has 0 saturated heterocycles. The van der Waals surface area contributed by atoms with Gasteiger partial charge in [0.25, 0.3) is 0 Å². The maximum Gasteiger partial charge on any atom is 0.0620 e. The molecule has 0 bridgehead atoms. The molecule has 0 saturated carbocycles. The summed E-state index contributed by atoms with van der Waals surface area (Å²) in [6.45, 7) is 6.24. The molecule has 0 amide bonds. The third kappa shape index (κ3) is 2.67. The van der Waals surface area contributed by atoms with Crippen molar-refractivity contribution >= 4 is 33.0 Å². The number of hydrogen-bond donors (Lipinski definition) is 2. The van der Waals surface area contributed by atoms with Gasteiger partial charge in [0.05, 0.1) is 11.4 Å². The maximum absolute atomic E-state index is 6.05. The number of aryl methyl sites for hydroxylation is 3. The quantitative estimate of drug-likeness (QED) is 0.789. The lowest BCUT2D eigenvalue weighted by Crippen LogP contribution is -1.99. The summed E-state index contributed by atoms with van der Waals surface area (Å²) >= 11 is 3.48. The van der Waals surface area contributed by atoms with Gasteiger partial charge < -0.3 is 11.1 Å². The molecule has 2 aromatic carbocycles. The van der Waals surface area contributed by atoms with Gasteiger partial charge in [0.2, 0.25) is 0 Å². The van der Waals surface area contributed by atoms with Gasteiger partial charge in [-0.2, -0.15) is 0 Å². The Hall–Kier alpha value is -1.48. The zero-order chi connectivity index (χ0) is 13.3. The average molecular weight is 305 g/mol. The summed E-state index contributed by atoms with van der Waals surface area (Å²) in [7, 11) is 0. The molecule has 0 aliphatic heterocycles. The van der Waals surface area contributed by atoms with E-state index in [9.17, 15) is 0 Å². The molecular weight excluding hydrogens is 288 g/mol. The first-order valence-corrected chi connectivity index (χ1v) is 6.66. The van der Waals surface area contributed by atoms with Gasteiger partial charge >= 0.3 is 0 Å². The van der Waals surface area contributed by atoms with Crippen LogP contribution in [0, 0.1) is 20.8 Å². The fourth-order valence-electron chi connectivity index (χ4n) is 1.82. The Morgan fingerprint density at radius 1 is 0.889 bits per heavy atom. The lowest BCUT2D eigenvalue weighted by atomic mass is 10.1. The highest BCUT2D eigenvalue weighted by molar-refractivity contribution is 9.10. The third-order valence-electron chi connectivity index (χ3n) is 3.13. The molecule has 0 aliphatic rings. The Labute approximate surface area is 116 Å². The topological polar surface area (TPSA) is 38.0 Å². The molecule has 0 unspecified atom stereocenters. The molecule has 2 nitrogen and oxygen atoms in total. The van der Waals surface area contributed by atoms with Crippen LogP contribution < -0.4 is 11.1 Å². The first-order valence-electron chi connectivity index (χ1n) is 5.87. The van der Waals surface area contributed by atoms with E-state index in [0.29, 0.717) is 0 Å². The first kappa shape index (κ1) is 13.0. The standard InChI is InChI=1S/C15H17BrN2/c1-9-4-5-12(16)8-14(9)18-15-7-11(3)10(2)6-13(15)17/h4-8,18H,17H2,1-3H3. The van der Waals surface area contributed by atoms with Crippen molar-refractivity contribution in [2.24, 2.45) is 0 Å². The van der Waals surface area contributed by atoms with Gasteiger partial charge in [0.15, 0.2) is 0 Å². The van der Waals surface area contributed by atoms with Crippen molar-refractivity contribution in [2.75, 3.05) is 11.1 Å². The number of rotatable bonds is 2. The molecule has 0 spiro atoms. The summed E-state index contributed by atoms with van der Waals surface area (Å²) in [6, 6.07) is 10.3. The summed E-state index contributed by atoms with van der Waals surface area (Å²) in [5, 5.41) is 3.39. The van der Waals surface area contributed by atoms with E-state index in [2.05, 4.69) is 60.2 Å². The number of nitrogen functional groups attached to an aromatic ring is 1. The predicted molar refractivity (Wildman–Crippen MR) is 82.5 cm³/mol. The van der Waals surface area contributed by atoms with Gasteiger partial charge in [-0.3, -0.25) is 0 Å². The summed E-state index contributed by atoms with van der Waals surface area (Å²) in [5.41, 5.74) is 12.5. The highest BCUT2D eigenvalue weighted by Crippen LogP contribution is 2.29. The zero-order valence-corrected chi connectivity index (χ0v) is 12.4. The van der Waals surface area contributed by atoms with Crippen molar-refractivity contribution in [3.05, 3.63) is 51.5 Å². The molecule has 94 valence electrons. The van der Waals surface area contributed by atoms with E-state index in [1.54, 1.807) is 0 Å². The van der Waals surface area contributed by atoms with E-state index in [-0.39, 0.29) is 0 Å². The number of benzene rings is 2. The van der Waals surface area contributed by atoms with Gasteiger partial charge in [-0.25, -0.2) is 0 Å². The van der Waals surface area contributed by atoms with Crippen LogP contribution in [0.4, 0.5) is 17.1 Å². The van der Waals surface area contributed by atoms with E-state index in [0.717, 1.165) is 21.5 Å². The summed E-state index contributed by atoms with van der Waals surface area (Å²) < 4.78 is 1.05. The molecule has 0 heterocycles. The summed E-state index contributed by atoms with van der Waals surface area (Å²) in [5.74, 6) is 0. The Kier molecular flexibility index (Phi) is 3.62. The smallest absolute Gasteiger partial charge is 0.0620 e. The van der Waals surface area contributed by atoms with Crippen LogP contribution >= 0.6 is 15.9 Å². The second-order valence-corrected chi connectivity index (χ2v) is 5.52. The fraction of sp³-hybridized carbons (Fsp3) is 0.200. The van der Waals surface area contributed by atoms with Crippen LogP contribution in [0.2, 0.25) is 0 Å². The molecule has 18 heavy (non-hydrogen) atoms. The van der Waals surface area contributed by atoms with Crippen molar-refractivity contribution < 1.29 is 0 Å². The minimum absolute atomic E-state index is 0.775. The van der Waals surface area contributed by atoms with Gasteiger partial charge in [-0.1, -0.05) is 22.0 Å². The first-order chi connectivity index (χ1) is 8.47. The Bertz CT molecular complexity index is 591. The van der Waals surface area contributed by atoms with Crippen LogP contribution in [0.25, 0.3) is 0 Å². The molecule has 3 heteroatoms. The van der Waals surface area contributed by atoms with Crippen LogP contribution in [-0.2, 0) is 0 Å². The Morgan fingerprint density at radius 2 is 1.56 bits per heavy atom. The van der Waals surface area contributed by atoms with Gasteiger partial charge in [-0.05, 0) is 61.7 Å². The average Bonchev–Trinajstić information content (AvgIpc) is 2.30. The monoisotopic (exact) mass is 304 g/mol. The van der Waals surface area contributed by atoms with Crippen LogP contribution in [0.5, 0.6) is 0 Å². The lowest BCUT2D eigenvalue weighted by Gasteiger charge is -2.14. The van der Waals surface area contributed by atoms with Crippen molar-refractivity contribution in [1.29, 1.82) is 0 Å². The van der Waals surface area contributed by atoms with Gasteiger partial charge in [-0.15, -0.1) is 0 Å². The van der Waals surface area contributed by atoms with Crippen LogP contribution in [-0.4, -0.2) is 0 Å². The lowest BCUT2D eigenvalue weighted by molar-refractivity contribution is 1.33. The van der Waals surface area contributed by atoms with Crippen molar-refractivity contribution in [1.82, 2.24) is 0 Å². The predicted octanol–water partition coefficient (Wildman–Crippen LogP) is 4.70. The largest absolute Gasteiger partial charge is 0.397 e. The van der Waals surface area contributed by atoms with Crippen molar-refractivity contribution in [3.8, 4) is 0 Å². The van der Waals surface area contributed by atoms with E-state index in [4.69, 9.17) is 5.73 Å². The summed E-state index contributed by atoms with van der Waals surface area (Å²) in [4.78, 5) is 0. The SMILES string of the molecule is Cc1cc(N)c(Nc2cc(Br)ccc2C)cc1C. The summed E-state index contributed by atoms with van der Waals surface area (Å²) in [6.07, 6.45) is 0. The number of nitrogens with one attached hydrogen (secondary N) is 1. The van der Waals surface area contributed by atoms with Gasteiger partial charge in [0.1, 0.15) is 0 Å². The molecule has 0 fully saturated rings. The molecule has 2 rings (SSSR count). The molecule has 2 aromatic rings. The molecular formula is C15H17BrN2. The normalized spacial score (nSPS) is 10.4. The van der Waals surface area contributed by atoms with Crippen LogP contribution in [0.1, 0.15) is 16.7 Å². The Balaban J connectivity index is 2.40. The van der Waals surface area contributed by atoms with E-state index in [1.807, 2.05) is 12.1 Å². The molecule has 0 atom stereocenters. The number of halogens is 1. The third-order valence-corrected chi connectivity index (χ3v) is 3.63. The maximum atomic E-state index is 6.05. The highest BCUT2D eigenvalue weighted by Gasteiger charge is 2.05. The molecule has 3 N–H and O–H groups in total. The minimum Gasteiger partial charge on any atom is -0.397 e. The second-order valence-electron chi connectivity index (χ2n) is 4.61. The zero-order valence-electron chi connectivity index (χ0n) is 10.8. The number of nitrogens with two attached hydrogens (primary N) is 1. The Morgan fingerprint density at radius 3 is 2.28 bits per heavy atom. The van der Waals surface area contributed by atoms with E-state index in [1.165, 1.54) is 16.7 Å². The van der Waals surface area contributed by atoms with E-state index >= 15 is 0 Å². The van der Waals surface area contributed by atoms with E-state index < -0.39 is 0 Å². The van der Waals surface area contributed by atoms with Gasteiger partial charge in [0, 0.05) is 10.2 Å². The molecule has 0 aromatic heterocycles. The van der Waals surface area contributed by atoms with Crippen LogP contribution in [0.15, 0.2) is 34.8 Å². The van der Waals surface area contributed by atoms with Crippen LogP contribution in [0.3, 0.4) is 0 Å². The second kappa shape index (κ2) is 5.02. The fourth-order valence-corrected chi connectivity index (χ4v) is 2.18. The van der Waals surface area contributed by atoms with Crippen molar-refractivity contribution in [2.45, 2.75) is 20.8 Å². The van der Waals surface area contributed by atoms with Crippen molar-refractivity contribution in [3.63, 3.8) is 0 Å². The number of anilines is 3. The highest BCUT2D eigenvalue weighted by atomic mass is 79.9. The minimum atomic E-state index is 0.775.